The molecule has 178 valence electrons. The summed E-state index contributed by atoms with van der Waals surface area (Å²) in [5, 5.41) is 10.6. The summed E-state index contributed by atoms with van der Waals surface area (Å²) in [6.45, 7) is 0.0531. The predicted molar refractivity (Wildman–Crippen MR) is 124 cm³/mol. The summed E-state index contributed by atoms with van der Waals surface area (Å²) in [5.74, 6) is -2.96. The van der Waals surface area contributed by atoms with Gasteiger partial charge in [0.25, 0.3) is 0 Å². The van der Waals surface area contributed by atoms with Crippen molar-refractivity contribution in [1.82, 2.24) is 0 Å². The fourth-order valence-corrected chi connectivity index (χ4v) is 4.68. The first-order valence-electron chi connectivity index (χ1n) is 10.4. The van der Waals surface area contributed by atoms with E-state index in [1.165, 1.54) is 12.0 Å². The Morgan fingerprint density at radius 1 is 1.14 bits per heavy atom. The molecule has 0 unspecified atom stereocenters. The smallest absolute Gasteiger partial charge is 0.339 e. The summed E-state index contributed by atoms with van der Waals surface area (Å²) in [6, 6.07) is 15.7. The molecule has 0 aromatic heterocycles. The number of ether oxygens (including phenoxy) is 3. The number of hydrogen-bond acceptors (Lipinski definition) is 8. The lowest BCUT2D eigenvalue weighted by atomic mass is 9.68. The van der Waals surface area contributed by atoms with Gasteiger partial charge < -0.3 is 24.8 Å². The maximum absolute atomic E-state index is 14.3. The molecular weight excluding hydrogens is 474 g/mol. The molecule has 2 aliphatic rings. The SMILES string of the molecule is COC(=O)CC1=C(C(=O)OC)[C@@]2(C(=O)N(Cc3ccccc3Cl)c3ccccc32)C(C#N)=C(N)O1. The maximum atomic E-state index is 14.3. The minimum absolute atomic E-state index is 0.0531. The number of anilines is 1. The normalized spacial score (nSPS) is 18.8. The van der Waals surface area contributed by atoms with Crippen molar-refractivity contribution in [3.05, 3.63) is 87.5 Å². The maximum Gasteiger partial charge on any atom is 0.339 e. The first-order valence-corrected chi connectivity index (χ1v) is 10.8. The summed E-state index contributed by atoms with van der Waals surface area (Å²) in [6.07, 6.45) is -0.512. The van der Waals surface area contributed by atoms with E-state index in [9.17, 15) is 19.6 Å². The third-order valence-corrected chi connectivity index (χ3v) is 6.36. The average Bonchev–Trinajstić information content (AvgIpc) is 3.08. The van der Waals surface area contributed by atoms with E-state index < -0.39 is 35.6 Å². The molecule has 0 fully saturated rings. The molecule has 2 N–H and O–H groups in total. The number of nitrogens with two attached hydrogens (primary N) is 1. The van der Waals surface area contributed by atoms with E-state index in [2.05, 4.69) is 0 Å². The van der Waals surface area contributed by atoms with Crippen molar-refractivity contribution in [2.45, 2.75) is 18.4 Å². The van der Waals surface area contributed by atoms with Crippen molar-refractivity contribution in [3.63, 3.8) is 0 Å². The van der Waals surface area contributed by atoms with Crippen molar-refractivity contribution in [1.29, 1.82) is 5.26 Å². The van der Waals surface area contributed by atoms with E-state index >= 15 is 0 Å². The molecule has 10 heteroatoms. The van der Waals surface area contributed by atoms with E-state index in [-0.39, 0.29) is 23.5 Å². The molecule has 1 amide bonds. The molecule has 9 nitrogen and oxygen atoms in total. The van der Waals surface area contributed by atoms with Gasteiger partial charge in [-0.05, 0) is 17.7 Å². The van der Waals surface area contributed by atoms with Crippen LogP contribution in [0.5, 0.6) is 0 Å². The molecule has 4 rings (SSSR count). The lowest BCUT2D eigenvalue weighted by Gasteiger charge is -2.35. The predicted octanol–water partition coefficient (Wildman–Crippen LogP) is 2.84. The van der Waals surface area contributed by atoms with Gasteiger partial charge in [0.2, 0.25) is 11.8 Å². The highest BCUT2D eigenvalue weighted by molar-refractivity contribution is 6.31. The van der Waals surface area contributed by atoms with Crippen LogP contribution in [0.2, 0.25) is 5.02 Å². The number of nitrogens with zero attached hydrogens (tertiary/aromatic N) is 2. The average molecular weight is 494 g/mol. The van der Waals surface area contributed by atoms with Crippen LogP contribution >= 0.6 is 11.6 Å². The lowest BCUT2D eigenvalue weighted by Crippen LogP contribution is -2.48. The monoisotopic (exact) mass is 493 g/mol. The van der Waals surface area contributed by atoms with Crippen LogP contribution in [0.3, 0.4) is 0 Å². The Kier molecular flexibility index (Phi) is 6.24. The highest BCUT2D eigenvalue weighted by atomic mass is 35.5. The standard InChI is InChI=1S/C25H20ClN3O6/c1-33-20(30)11-19-21(23(31)34-2)25(16(12-27)22(28)35-19)15-8-4-6-10-18(15)29(24(25)32)13-14-7-3-5-9-17(14)26/h3-10H,11,13,28H2,1-2H3/t25-/m0/s1. The number of fused-ring (bicyclic) bond motifs is 2. The summed E-state index contributed by atoms with van der Waals surface area (Å²) in [5.41, 5.74) is 4.92. The zero-order valence-electron chi connectivity index (χ0n) is 18.8. The largest absolute Gasteiger partial charge is 0.469 e. The van der Waals surface area contributed by atoms with E-state index in [4.69, 9.17) is 31.5 Å². The van der Waals surface area contributed by atoms with Crippen LogP contribution < -0.4 is 10.6 Å². The quantitative estimate of drug-likeness (QED) is 0.629. The molecule has 0 saturated carbocycles. The Morgan fingerprint density at radius 2 is 1.83 bits per heavy atom. The molecule has 2 aliphatic heterocycles. The fourth-order valence-electron chi connectivity index (χ4n) is 4.48. The van der Waals surface area contributed by atoms with Crippen molar-refractivity contribution < 1.29 is 28.6 Å². The molecule has 35 heavy (non-hydrogen) atoms. The summed E-state index contributed by atoms with van der Waals surface area (Å²) in [4.78, 5) is 41.1. The second-order valence-electron chi connectivity index (χ2n) is 7.75. The zero-order valence-corrected chi connectivity index (χ0v) is 19.6. The lowest BCUT2D eigenvalue weighted by molar-refractivity contribution is -0.141. The number of methoxy groups -OCH3 is 2. The summed E-state index contributed by atoms with van der Waals surface area (Å²) in [7, 11) is 2.29. The topological polar surface area (TPSA) is 132 Å². The van der Waals surface area contributed by atoms with Crippen LogP contribution in [0.25, 0.3) is 0 Å². The number of para-hydroxylation sites is 1. The second kappa shape index (κ2) is 9.16. The van der Waals surface area contributed by atoms with Crippen LogP contribution in [-0.4, -0.2) is 32.1 Å². The number of carbonyl (C=O) groups is 3. The molecule has 0 saturated heterocycles. The van der Waals surface area contributed by atoms with Crippen LogP contribution in [-0.2, 0) is 40.6 Å². The van der Waals surface area contributed by atoms with Gasteiger partial charge in [0, 0.05) is 16.3 Å². The molecule has 0 bridgehead atoms. The molecule has 0 aliphatic carbocycles. The summed E-state index contributed by atoms with van der Waals surface area (Å²) >= 11 is 6.36. The van der Waals surface area contributed by atoms with Crippen LogP contribution in [0, 0.1) is 11.3 Å². The molecule has 1 atom stereocenters. The van der Waals surface area contributed by atoms with Crippen molar-refractivity contribution in [2.75, 3.05) is 19.1 Å². The van der Waals surface area contributed by atoms with Gasteiger partial charge in [0.05, 0.1) is 20.8 Å². The Morgan fingerprint density at radius 3 is 2.49 bits per heavy atom. The Labute approximate surface area is 205 Å². The number of benzene rings is 2. The Bertz CT molecular complexity index is 1360. The van der Waals surface area contributed by atoms with Gasteiger partial charge in [0.15, 0.2) is 5.41 Å². The number of carbonyl (C=O) groups excluding carboxylic acids is 3. The molecular formula is C25H20ClN3O6. The van der Waals surface area contributed by atoms with E-state index in [1.807, 2.05) is 6.07 Å². The van der Waals surface area contributed by atoms with Gasteiger partial charge in [-0.2, -0.15) is 5.26 Å². The molecule has 2 heterocycles. The minimum Gasteiger partial charge on any atom is -0.469 e. The van der Waals surface area contributed by atoms with E-state index in [0.29, 0.717) is 21.8 Å². The molecule has 0 radical (unpaired) electrons. The van der Waals surface area contributed by atoms with Crippen LogP contribution in [0.4, 0.5) is 5.69 Å². The Hall–Kier alpha value is -4.29. The van der Waals surface area contributed by atoms with Gasteiger partial charge in [-0.3, -0.25) is 9.59 Å². The number of nitriles is 1. The van der Waals surface area contributed by atoms with Crippen LogP contribution in [0.15, 0.2) is 71.3 Å². The number of amides is 1. The fraction of sp³-hybridized carbons (Fsp3) is 0.200. The van der Waals surface area contributed by atoms with Crippen LogP contribution in [0.1, 0.15) is 17.5 Å². The molecule has 2 aromatic rings. The van der Waals surface area contributed by atoms with Gasteiger partial charge in [-0.1, -0.05) is 48.0 Å². The number of halogens is 1. The highest BCUT2D eigenvalue weighted by Crippen LogP contribution is 2.54. The van der Waals surface area contributed by atoms with Gasteiger partial charge in [-0.15, -0.1) is 0 Å². The number of hydrogen-bond donors (Lipinski definition) is 1. The van der Waals surface area contributed by atoms with Gasteiger partial charge in [-0.25, -0.2) is 4.79 Å². The highest BCUT2D eigenvalue weighted by Gasteiger charge is 2.62. The van der Waals surface area contributed by atoms with E-state index in [1.54, 1.807) is 48.5 Å². The third kappa shape index (κ3) is 3.59. The first-order chi connectivity index (χ1) is 16.8. The van der Waals surface area contributed by atoms with Crippen molar-refractivity contribution in [2.24, 2.45) is 5.73 Å². The Balaban J connectivity index is 2.03. The minimum atomic E-state index is -1.99. The second-order valence-corrected chi connectivity index (χ2v) is 8.15. The third-order valence-electron chi connectivity index (χ3n) is 5.99. The molecule has 2 aromatic carbocycles. The molecule has 1 spiro atoms. The first kappa shape index (κ1) is 23.9. The van der Waals surface area contributed by atoms with Gasteiger partial charge in [0.1, 0.15) is 29.4 Å². The van der Waals surface area contributed by atoms with Gasteiger partial charge >= 0.3 is 11.9 Å². The number of rotatable bonds is 5. The summed E-state index contributed by atoms with van der Waals surface area (Å²) < 4.78 is 15.3. The van der Waals surface area contributed by atoms with E-state index in [0.717, 1.165) is 7.11 Å². The van der Waals surface area contributed by atoms with Crippen molar-refractivity contribution >= 4 is 35.1 Å². The van der Waals surface area contributed by atoms with Crippen molar-refractivity contribution in [3.8, 4) is 6.07 Å². The zero-order chi connectivity index (χ0) is 25.3. The number of esters is 2.